The fourth-order valence-corrected chi connectivity index (χ4v) is 4.40. The molecule has 1 N–H and O–H groups in total. The lowest BCUT2D eigenvalue weighted by molar-refractivity contribution is -0.896. The smallest absolute Gasteiger partial charge is 0.309 e. The molecule has 0 aliphatic heterocycles. The Balaban J connectivity index is 3.92. The van der Waals surface area contributed by atoms with Gasteiger partial charge in [0.05, 0.1) is 33.7 Å². The molecule has 9 heteroatoms. The zero-order valence-electron chi connectivity index (χ0n) is 19.6. The van der Waals surface area contributed by atoms with Crippen molar-refractivity contribution in [1.29, 1.82) is 0 Å². The SMILES string of the molecule is CCCCCCCCCCSCC(C)C(=O)OCCC(COP(=O)([O-])O)[N+](C)(C)C. The molecule has 0 fully saturated rings. The Kier molecular flexibility index (Phi) is 16.5. The van der Waals surface area contributed by atoms with E-state index in [1.165, 1.54) is 51.4 Å². The summed E-state index contributed by atoms with van der Waals surface area (Å²) in [6.07, 6.45) is 10.9. The first-order chi connectivity index (χ1) is 14.0. The van der Waals surface area contributed by atoms with Crippen LogP contribution >= 0.6 is 19.6 Å². The van der Waals surface area contributed by atoms with Gasteiger partial charge in [-0.1, -0.05) is 58.8 Å². The number of phosphoric ester groups is 1. The Labute approximate surface area is 188 Å². The number of phosphoric acid groups is 1. The Hall–Kier alpha value is -0.110. The number of rotatable bonds is 19. The van der Waals surface area contributed by atoms with E-state index >= 15 is 0 Å². The Morgan fingerprint density at radius 3 is 2.20 bits per heavy atom. The molecule has 0 radical (unpaired) electrons. The maximum atomic E-state index is 12.2. The van der Waals surface area contributed by atoms with Crippen molar-refractivity contribution >= 4 is 25.6 Å². The van der Waals surface area contributed by atoms with Crippen LogP contribution in [0.15, 0.2) is 0 Å². The van der Waals surface area contributed by atoms with Gasteiger partial charge in [0.2, 0.25) is 0 Å². The molecule has 30 heavy (non-hydrogen) atoms. The third-order valence-corrected chi connectivity index (χ3v) is 6.92. The van der Waals surface area contributed by atoms with E-state index in [-0.39, 0.29) is 31.1 Å². The van der Waals surface area contributed by atoms with E-state index in [9.17, 15) is 14.3 Å². The molecule has 0 spiro atoms. The first-order valence-electron chi connectivity index (χ1n) is 11.2. The summed E-state index contributed by atoms with van der Waals surface area (Å²) in [5.74, 6) is 1.43. The highest BCUT2D eigenvalue weighted by molar-refractivity contribution is 7.99. The summed E-state index contributed by atoms with van der Waals surface area (Å²) in [7, 11) is 0.932. The zero-order chi connectivity index (χ0) is 23.0. The number of carbonyl (C=O) groups excluding carboxylic acids is 1. The Morgan fingerprint density at radius 1 is 1.10 bits per heavy atom. The summed E-state index contributed by atoms with van der Waals surface area (Å²) in [5.41, 5.74) is 0. The normalized spacial score (nSPS) is 16.1. The van der Waals surface area contributed by atoms with E-state index in [0.717, 1.165) is 11.5 Å². The van der Waals surface area contributed by atoms with Gasteiger partial charge in [0.15, 0.2) is 0 Å². The van der Waals surface area contributed by atoms with Crippen molar-refractivity contribution in [3.63, 3.8) is 0 Å². The number of carbonyl (C=O) groups is 1. The number of thioether (sulfide) groups is 1. The van der Waals surface area contributed by atoms with Gasteiger partial charge in [-0.25, -0.2) is 0 Å². The van der Waals surface area contributed by atoms with Gasteiger partial charge in [-0.05, 0) is 12.2 Å². The molecule has 0 bridgehead atoms. The van der Waals surface area contributed by atoms with Crippen molar-refractivity contribution in [2.45, 2.75) is 77.7 Å². The van der Waals surface area contributed by atoms with Crippen molar-refractivity contribution < 1.29 is 32.9 Å². The maximum absolute atomic E-state index is 12.2. The van der Waals surface area contributed by atoms with Crippen molar-refractivity contribution in [1.82, 2.24) is 0 Å². The average molecular weight is 470 g/mol. The highest BCUT2D eigenvalue weighted by Gasteiger charge is 2.26. The molecule has 0 aromatic carbocycles. The molecule has 0 saturated carbocycles. The predicted molar refractivity (Wildman–Crippen MR) is 122 cm³/mol. The fraction of sp³-hybridized carbons (Fsp3) is 0.952. The number of ether oxygens (including phenoxy) is 1. The minimum absolute atomic E-state index is 0.150. The molecule has 0 aromatic heterocycles. The highest BCUT2D eigenvalue weighted by atomic mass is 32.2. The number of esters is 1. The first kappa shape index (κ1) is 29.9. The van der Waals surface area contributed by atoms with E-state index in [1.54, 1.807) is 11.8 Å². The Morgan fingerprint density at radius 2 is 1.67 bits per heavy atom. The van der Waals surface area contributed by atoms with Gasteiger partial charge in [0.1, 0.15) is 12.6 Å². The standard InChI is InChI=1S/C21H44NO6PS/c1-6-7-8-9-10-11-12-13-16-30-18-19(2)21(23)27-15-14-20(22(3,4)5)17-28-29(24,25)26/h19-20H,6-18H2,1-5H3,(H-,24,25,26). The van der Waals surface area contributed by atoms with Crippen LogP contribution in [0.5, 0.6) is 0 Å². The van der Waals surface area contributed by atoms with E-state index in [4.69, 9.17) is 9.63 Å². The van der Waals surface area contributed by atoms with Crippen LogP contribution in [-0.2, 0) is 18.6 Å². The van der Waals surface area contributed by atoms with Gasteiger partial charge in [-0.15, -0.1) is 0 Å². The highest BCUT2D eigenvalue weighted by Crippen LogP contribution is 2.31. The minimum atomic E-state index is -4.76. The van der Waals surface area contributed by atoms with Crippen LogP contribution in [0.1, 0.15) is 71.6 Å². The summed E-state index contributed by atoms with van der Waals surface area (Å²) in [5, 5.41) is 0. The van der Waals surface area contributed by atoms with Crippen LogP contribution in [0.3, 0.4) is 0 Å². The third kappa shape index (κ3) is 17.6. The lowest BCUT2D eigenvalue weighted by atomic mass is 10.1. The molecule has 0 heterocycles. The summed E-state index contributed by atoms with van der Waals surface area (Å²) in [4.78, 5) is 31.8. The fourth-order valence-electron chi connectivity index (χ4n) is 2.98. The van der Waals surface area contributed by atoms with Crippen LogP contribution in [0.4, 0.5) is 0 Å². The second-order valence-corrected chi connectivity index (χ2v) is 11.3. The molecular weight excluding hydrogens is 425 g/mol. The molecule has 0 amide bonds. The van der Waals surface area contributed by atoms with Gasteiger partial charge in [-0.3, -0.25) is 9.36 Å². The largest absolute Gasteiger partial charge is 0.756 e. The summed E-state index contributed by atoms with van der Waals surface area (Å²) in [6.45, 7) is 4.16. The molecular formula is C21H44NO6PS. The van der Waals surface area contributed by atoms with Crippen LogP contribution in [0.25, 0.3) is 0 Å². The zero-order valence-corrected chi connectivity index (χ0v) is 21.3. The molecule has 0 saturated heterocycles. The number of nitrogens with zero attached hydrogens (tertiary/aromatic N) is 1. The van der Waals surface area contributed by atoms with Gasteiger partial charge in [-0.2, -0.15) is 11.8 Å². The molecule has 0 rings (SSSR count). The minimum Gasteiger partial charge on any atom is -0.756 e. The van der Waals surface area contributed by atoms with E-state index in [1.807, 2.05) is 28.1 Å². The van der Waals surface area contributed by atoms with Crippen molar-refractivity contribution in [3.05, 3.63) is 0 Å². The summed E-state index contributed by atoms with van der Waals surface area (Å²) in [6, 6.07) is -0.223. The van der Waals surface area contributed by atoms with Crippen molar-refractivity contribution in [3.8, 4) is 0 Å². The van der Waals surface area contributed by atoms with Gasteiger partial charge < -0.3 is 23.5 Å². The lowest BCUT2D eigenvalue weighted by Crippen LogP contribution is -2.48. The summed E-state index contributed by atoms with van der Waals surface area (Å²) < 4.78 is 21.2. The maximum Gasteiger partial charge on any atom is 0.309 e. The third-order valence-electron chi connectivity index (χ3n) is 5.13. The first-order valence-corrected chi connectivity index (χ1v) is 13.9. The molecule has 7 nitrogen and oxygen atoms in total. The van der Waals surface area contributed by atoms with E-state index in [2.05, 4.69) is 11.4 Å². The van der Waals surface area contributed by atoms with E-state index in [0.29, 0.717) is 10.9 Å². The molecule has 0 aromatic rings. The second kappa shape index (κ2) is 16.5. The number of hydrogen-bond donors (Lipinski definition) is 1. The number of likely N-dealkylation sites (N-methyl/N-ethyl adjacent to an activating group) is 1. The quantitative estimate of drug-likeness (QED) is 0.132. The van der Waals surface area contributed by atoms with Crippen LogP contribution in [0.2, 0.25) is 0 Å². The second-order valence-electron chi connectivity index (χ2n) is 8.94. The van der Waals surface area contributed by atoms with Gasteiger partial charge in [0.25, 0.3) is 7.82 Å². The number of hydrogen-bond acceptors (Lipinski definition) is 6. The lowest BCUT2D eigenvalue weighted by Gasteiger charge is -2.34. The number of quaternary nitrogens is 1. The topological polar surface area (TPSA) is 95.9 Å². The van der Waals surface area contributed by atoms with Gasteiger partial charge in [0, 0.05) is 12.2 Å². The average Bonchev–Trinajstić information content (AvgIpc) is 2.63. The van der Waals surface area contributed by atoms with Crippen LogP contribution in [0, 0.1) is 5.92 Å². The monoisotopic (exact) mass is 469 g/mol. The molecule has 3 atom stereocenters. The van der Waals surface area contributed by atoms with E-state index < -0.39 is 7.82 Å². The van der Waals surface area contributed by atoms with Crippen molar-refractivity contribution in [2.24, 2.45) is 5.92 Å². The Bertz CT molecular complexity index is 494. The predicted octanol–water partition coefficient (Wildman–Crippen LogP) is 3.98. The molecule has 180 valence electrons. The van der Waals surface area contributed by atoms with Gasteiger partial charge >= 0.3 is 5.97 Å². The van der Waals surface area contributed by atoms with Crippen LogP contribution < -0.4 is 4.89 Å². The van der Waals surface area contributed by atoms with Crippen LogP contribution in [-0.4, -0.2) is 67.3 Å². The summed E-state index contributed by atoms with van der Waals surface area (Å²) >= 11 is 1.80. The molecule has 3 unspecified atom stereocenters. The number of unbranched alkanes of at least 4 members (excludes halogenated alkanes) is 7. The van der Waals surface area contributed by atoms with Crippen molar-refractivity contribution in [2.75, 3.05) is 45.9 Å². The molecule has 0 aliphatic carbocycles. The molecule has 0 aliphatic rings.